The van der Waals surface area contributed by atoms with Crippen LogP contribution in [0, 0.1) is 11.7 Å². The van der Waals surface area contributed by atoms with Crippen LogP contribution in [0.5, 0.6) is 5.75 Å². The summed E-state index contributed by atoms with van der Waals surface area (Å²) in [5, 5.41) is 9.10. The standard InChI is InChI=1S/C18H19FN2O3/c19-15-3-5-16(6-4-15)24-12-13-2-1-9-21(11-13)17-10-14(18(22)23)7-8-20-17/h3-8,10,13H,1-2,9,11-12H2,(H,22,23). The Morgan fingerprint density at radius 3 is 2.88 bits per heavy atom. The minimum Gasteiger partial charge on any atom is -0.493 e. The van der Waals surface area contributed by atoms with Gasteiger partial charge in [-0.1, -0.05) is 0 Å². The van der Waals surface area contributed by atoms with Crippen molar-refractivity contribution in [3.05, 3.63) is 54.0 Å². The fourth-order valence-electron chi connectivity index (χ4n) is 2.88. The lowest BCUT2D eigenvalue weighted by Gasteiger charge is -2.33. The van der Waals surface area contributed by atoms with Crippen LogP contribution in [0.3, 0.4) is 0 Å². The normalized spacial score (nSPS) is 17.5. The Kier molecular flexibility index (Phi) is 4.93. The fraction of sp³-hybridized carbons (Fsp3) is 0.333. The molecule has 1 aromatic carbocycles. The van der Waals surface area contributed by atoms with Crippen molar-refractivity contribution in [3.63, 3.8) is 0 Å². The third-order valence-electron chi connectivity index (χ3n) is 4.13. The smallest absolute Gasteiger partial charge is 0.335 e. The number of aromatic nitrogens is 1. The van der Waals surface area contributed by atoms with Crippen LogP contribution in [0.2, 0.25) is 0 Å². The summed E-state index contributed by atoms with van der Waals surface area (Å²) in [5.41, 5.74) is 0.240. The number of rotatable bonds is 5. The molecule has 1 saturated heterocycles. The molecule has 1 aliphatic rings. The fourth-order valence-corrected chi connectivity index (χ4v) is 2.88. The molecule has 5 nitrogen and oxygen atoms in total. The molecule has 0 spiro atoms. The molecule has 1 atom stereocenters. The van der Waals surface area contributed by atoms with Gasteiger partial charge in [0.1, 0.15) is 17.4 Å². The van der Waals surface area contributed by atoms with E-state index in [-0.39, 0.29) is 11.4 Å². The lowest BCUT2D eigenvalue weighted by atomic mass is 9.99. The monoisotopic (exact) mass is 330 g/mol. The van der Waals surface area contributed by atoms with Crippen molar-refractivity contribution in [1.29, 1.82) is 0 Å². The van der Waals surface area contributed by atoms with E-state index < -0.39 is 5.97 Å². The van der Waals surface area contributed by atoms with Crippen molar-refractivity contribution < 1.29 is 19.0 Å². The van der Waals surface area contributed by atoms with E-state index >= 15 is 0 Å². The van der Waals surface area contributed by atoms with Crippen LogP contribution in [-0.2, 0) is 0 Å². The van der Waals surface area contributed by atoms with Crippen LogP contribution in [0.15, 0.2) is 42.6 Å². The van der Waals surface area contributed by atoms with Crippen molar-refractivity contribution in [2.75, 3.05) is 24.6 Å². The Morgan fingerprint density at radius 1 is 1.33 bits per heavy atom. The van der Waals surface area contributed by atoms with Gasteiger partial charge in [0.25, 0.3) is 0 Å². The van der Waals surface area contributed by atoms with E-state index in [0.29, 0.717) is 24.1 Å². The minimum absolute atomic E-state index is 0.240. The quantitative estimate of drug-likeness (QED) is 0.912. The molecule has 1 aliphatic heterocycles. The summed E-state index contributed by atoms with van der Waals surface area (Å²) in [5.74, 6) is 0.419. The SMILES string of the molecule is O=C(O)c1ccnc(N2CCCC(COc3ccc(F)cc3)C2)c1. The number of hydrogen-bond acceptors (Lipinski definition) is 4. The zero-order valence-corrected chi connectivity index (χ0v) is 13.2. The Labute approximate surface area is 139 Å². The number of halogens is 1. The Bertz CT molecular complexity index is 706. The van der Waals surface area contributed by atoms with Gasteiger partial charge in [0, 0.05) is 25.2 Å². The van der Waals surface area contributed by atoms with Crippen LogP contribution in [0.4, 0.5) is 10.2 Å². The molecule has 0 radical (unpaired) electrons. The van der Waals surface area contributed by atoms with Crippen molar-refractivity contribution in [1.82, 2.24) is 4.98 Å². The van der Waals surface area contributed by atoms with Crippen LogP contribution >= 0.6 is 0 Å². The Balaban J connectivity index is 1.60. The van der Waals surface area contributed by atoms with E-state index in [1.54, 1.807) is 18.2 Å². The number of aromatic carboxylic acids is 1. The highest BCUT2D eigenvalue weighted by molar-refractivity contribution is 5.88. The molecule has 1 N–H and O–H groups in total. The third kappa shape index (κ3) is 4.01. The van der Waals surface area contributed by atoms with E-state index in [9.17, 15) is 9.18 Å². The molecule has 1 unspecified atom stereocenters. The molecule has 2 aromatic rings. The van der Waals surface area contributed by atoms with Crippen molar-refractivity contribution >= 4 is 11.8 Å². The second-order valence-corrected chi connectivity index (χ2v) is 5.93. The van der Waals surface area contributed by atoms with Gasteiger partial charge in [-0.25, -0.2) is 14.2 Å². The van der Waals surface area contributed by atoms with Crippen molar-refractivity contribution in [2.24, 2.45) is 5.92 Å². The van der Waals surface area contributed by atoms with Gasteiger partial charge in [0.15, 0.2) is 0 Å². The van der Waals surface area contributed by atoms with Gasteiger partial charge < -0.3 is 14.7 Å². The molecule has 6 heteroatoms. The zero-order chi connectivity index (χ0) is 16.9. The first-order valence-electron chi connectivity index (χ1n) is 7.94. The number of pyridine rings is 1. The van der Waals surface area contributed by atoms with E-state index in [2.05, 4.69) is 9.88 Å². The van der Waals surface area contributed by atoms with Crippen LogP contribution in [-0.4, -0.2) is 35.8 Å². The second-order valence-electron chi connectivity index (χ2n) is 5.93. The molecule has 126 valence electrons. The summed E-state index contributed by atoms with van der Waals surface area (Å²) >= 11 is 0. The molecule has 3 rings (SSSR count). The molecule has 24 heavy (non-hydrogen) atoms. The molecule has 0 bridgehead atoms. The number of carbonyl (C=O) groups is 1. The minimum atomic E-state index is -0.952. The molecule has 2 heterocycles. The lowest BCUT2D eigenvalue weighted by Crippen LogP contribution is -2.38. The number of carboxylic acids is 1. The number of hydrogen-bond donors (Lipinski definition) is 1. The highest BCUT2D eigenvalue weighted by atomic mass is 19.1. The van der Waals surface area contributed by atoms with Crippen molar-refractivity contribution in [3.8, 4) is 5.75 Å². The van der Waals surface area contributed by atoms with Crippen LogP contribution in [0.25, 0.3) is 0 Å². The Hall–Kier alpha value is -2.63. The molecular weight excluding hydrogens is 311 g/mol. The number of benzene rings is 1. The van der Waals surface area contributed by atoms with Gasteiger partial charge in [-0.15, -0.1) is 0 Å². The number of nitrogens with zero attached hydrogens (tertiary/aromatic N) is 2. The second kappa shape index (κ2) is 7.29. The summed E-state index contributed by atoms with van der Waals surface area (Å²) in [4.78, 5) is 17.5. The third-order valence-corrected chi connectivity index (χ3v) is 4.13. The highest BCUT2D eigenvalue weighted by Crippen LogP contribution is 2.23. The molecule has 1 aromatic heterocycles. The first kappa shape index (κ1) is 16.2. The summed E-state index contributed by atoms with van der Waals surface area (Å²) in [6, 6.07) is 9.09. The molecule has 1 fully saturated rings. The number of anilines is 1. The molecular formula is C18H19FN2O3. The maximum atomic E-state index is 12.9. The van der Waals surface area contributed by atoms with Gasteiger partial charge in [0.05, 0.1) is 12.2 Å². The van der Waals surface area contributed by atoms with Crippen LogP contribution < -0.4 is 9.64 Å². The zero-order valence-electron chi connectivity index (χ0n) is 13.2. The van der Waals surface area contributed by atoms with Crippen molar-refractivity contribution in [2.45, 2.75) is 12.8 Å². The summed E-state index contributed by atoms with van der Waals surface area (Å²) in [7, 11) is 0. The van der Waals surface area contributed by atoms with Gasteiger partial charge >= 0.3 is 5.97 Å². The molecule has 0 amide bonds. The van der Waals surface area contributed by atoms with Gasteiger partial charge in [-0.2, -0.15) is 0 Å². The van der Waals surface area contributed by atoms with E-state index in [4.69, 9.17) is 9.84 Å². The van der Waals surface area contributed by atoms with Gasteiger partial charge in [-0.05, 0) is 49.2 Å². The average molecular weight is 330 g/mol. The maximum absolute atomic E-state index is 12.9. The first-order valence-corrected chi connectivity index (χ1v) is 7.94. The Morgan fingerprint density at radius 2 is 2.12 bits per heavy atom. The molecule has 0 saturated carbocycles. The van der Waals surface area contributed by atoms with E-state index in [1.807, 2.05) is 0 Å². The van der Waals surface area contributed by atoms with E-state index in [0.717, 1.165) is 25.9 Å². The van der Waals surface area contributed by atoms with E-state index in [1.165, 1.54) is 24.4 Å². The highest BCUT2D eigenvalue weighted by Gasteiger charge is 2.22. The predicted molar refractivity (Wildman–Crippen MR) is 88.0 cm³/mol. The first-order chi connectivity index (χ1) is 11.6. The largest absolute Gasteiger partial charge is 0.493 e. The number of ether oxygens (including phenoxy) is 1. The van der Waals surface area contributed by atoms with Gasteiger partial charge in [0.2, 0.25) is 0 Å². The van der Waals surface area contributed by atoms with Gasteiger partial charge in [-0.3, -0.25) is 0 Å². The van der Waals surface area contributed by atoms with Crippen LogP contribution in [0.1, 0.15) is 23.2 Å². The predicted octanol–water partition coefficient (Wildman–Crippen LogP) is 3.21. The summed E-state index contributed by atoms with van der Waals surface area (Å²) < 4.78 is 18.6. The summed E-state index contributed by atoms with van der Waals surface area (Å²) in [6.45, 7) is 2.15. The number of piperidine rings is 1. The maximum Gasteiger partial charge on any atom is 0.335 e. The average Bonchev–Trinajstić information content (AvgIpc) is 2.61. The number of carboxylic acid groups (broad SMARTS) is 1. The summed E-state index contributed by atoms with van der Waals surface area (Å²) in [6.07, 6.45) is 3.56. The topological polar surface area (TPSA) is 62.7 Å². The molecule has 0 aliphatic carbocycles. The lowest BCUT2D eigenvalue weighted by molar-refractivity contribution is 0.0696.